The zero-order chi connectivity index (χ0) is 21.9. The Morgan fingerprint density at radius 1 is 1.12 bits per heavy atom. The van der Waals surface area contributed by atoms with Gasteiger partial charge < -0.3 is 14.1 Å². The molecule has 32 heavy (non-hydrogen) atoms. The molecule has 0 radical (unpaired) electrons. The number of ether oxygens (including phenoxy) is 1. The Labute approximate surface area is 188 Å². The normalized spacial score (nSPS) is 21.7. The summed E-state index contributed by atoms with van der Waals surface area (Å²) in [5.41, 5.74) is 3.71. The molecule has 2 aliphatic heterocycles. The fourth-order valence-electron chi connectivity index (χ4n) is 4.98. The van der Waals surface area contributed by atoms with Crippen molar-refractivity contribution in [3.63, 3.8) is 0 Å². The number of benzene rings is 2. The van der Waals surface area contributed by atoms with Gasteiger partial charge in [0.25, 0.3) is 5.91 Å². The first-order valence-corrected chi connectivity index (χ1v) is 11.3. The number of amides is 1. The number of nitrogens with zero attached hydrogens (tertiary/aromatic N) is 3. The topological polar surface area (TPSA) is 58.8 Å². The maximum Gasteiger partial charge on any atom is 0.276 e. The van der Waals surface area contributed by atoms with E-state index in [4.69, 9.17) is 9.15 Å². The molecule has 1 amide bonds. The molecule has 2 aliphatic rings. The summed E-state index contributed by atoms with van der Waals surface area (Å²) < 4.78 is 11.6. The summed E-state index contributed by atoms with van der Waals surface area (Å²) >= 11 is 0. The SMILES string of the molecule is Cc1cccc(-c2ocnc2C(=O)N2CC[C@@H]3[C@@H](COCCN3Cc3ccccc3)C2)c1. The second kappa shape index (κ2) is 9.27. The summed E-state index contributed by atoms with van der Waals surface area (Å²) in [4.78, 5) is 22.2. The molecule has 2 saturated heterocycles. The van der Waals surface area contributed by atoms with Crippen LogP contribution in [0.5, 0.6) is 0 Å². The van der Waals surface area contributed by atoms with Gasteiger partial charge in [-0.3, -0.25) is 9.69 Å². The average molecular weight is 432 g/mol. The van der Waals surface area contributed by atoms with Gasteiger partial charge in [-0.1, -0.05) is 54.1 Å². The standard InChI is InChI=1S/C26H29N3O3/c1-19-6-5-9-21(14-19)25-24(27-18-32-25)26(30)29-11-10-23-22(16-29)17-31-13-12-28(23)15-20-7-3-2-4-8-20/h2-9,14,18,22-23H,10-13,15-17H2,1H3/t22-,23-/m1/s1. The monoisotopic (exact) mass is 431 g/mol. The van der Waals surface area contributed by atoms with Crippen LogP contribution in [0.15, 0.2) is 65.4 Å². The fourth-order valence-corrected chi connectivity index (χ4v) is 4.98. The Bertz CT molecular complexity index is 1060. The smallest absolute Gasteiger partial charge is 0.276 e. The molecule has 6 heteroatoms. The first-order chi connectivity index (χ1) is 15.7. The van der Waals surface area contributed by atoms with E-state index in [1.54, 1.807) is 0 Å². The number of piperidine rings is 1. The van der Waals surface area contributed by atoms with Crippen LogP contribution in [0.4, 0.5) is 0 Å². The molecule has 0 N–H and O–H groups in total. The molecule has 5 rings (SSSR count). The lowest BCUT2D eigenvalue weighted by molar-refractivity contribution is 0.0367. The van der Waals surface area contributed by atoms with Gasteiger partial charge in [-0.05, 0) is 25.0 Å². The van der Waals surface area contributed by atoms with Gasteiger partial charge in [0.05, 0.1) is 13.2 Å². The van der Waals surface area contributed by atoms with Gasteiger partial charge in [0.1, 0.15) is 0 Å². The second-order valence-corrected chi connectivity index (χ2v) is 8.80. The van der Waals surface area contributed by atoms with Crippen LogP contribution < -0.4 is 0 Å². The number of rotatable bonds is 4. The van der Waals surface area contributed by atoms with E-state index in [1.165, 1.54) is 12.0 Å². The molecule has 2 atom stereocenters. The molecule has 0 spiro atoms. The second-order valence-electron chi connectivity index (χ2n) is 8.80. The van der Waals surface area contributed by atoms with E-state index in [9.17, 15) is 4.79 Å². The van der Waals surface area contributed by atoms with Crippen LogP contribution in [0.3, 0.4) is 0 Å². The highest BCUT2D eigenvalue weighted by atomic mass is 16.5. The number of fused-ring (bicyclic) bond motifs is 1. The van der Waals surface area contributed by atoms with E-state index in [-0.39, 0.29) is 11.8 Å². The van der Waals surface area contributed by atoms with Crippen molar-refractivity contribution in [2.45, 2.75) is 25.9 Å². The summed E-state index contributed by atoms with van der Waals surface area (Å²) in [6.07, 6.45) is 2.30. The van der Waals surface area contributed by atoms with E-state index in [0.717, 1.165) is 37.2 Å². The van der Waals surface area contributed by atoms with Gasteiger partial charge in [-0.2, -0.15) is 0 Å². The number of hydrogen-bond acceptors (Lipinski definition) is 5. The number of carbonyl (C=O) groups excluding carboxylic acids is 1. The van der Waals surface area contributed by atoms with Crippen molar-refractivity contribution in [3.05, 3.63) is 77.8 Å². The lowest BCUT2D eigenvalue weighted by Crippen LogP contribution is -2.52. The Hall–Kier alpha value is -2.96. The van der Waals surface area contributed by atoms with Crippen LogP contribution in [0.1, 0.15) is 28.0 Å². The number of likely N-dealkylation sites (tertiary alicyclic amines) is 1. The van der Waals surface area contributed by atoms with Crippen molar-refractivity contribution < 1.29 is 13.9 Å². The van der Waals surface area contributed by atoms with Gasteiger partial charge >= 0.3 is 0 Å². The maximum absolute atomic E-state index is 13.4. The molecule has 0 unspecified atom stereocenters. The van der Waals surface area contributed by atoms with Crippen molar-refractivity contribution in [1.82, 2.24) is 14.8 Å². The van der Waals surface area contributed by atoms with Crippen LogP contribution >= 0.6 is 0 Å². The van der Waals surface area contributed by atoms with Gasteiger partial charge in [0.15, 0.2) is 17.8 Å². The van der Waals surface area contributed by atoms with Gasteiger partial charge in [-0.25, -0.2) is 4.98 Å². The zero-order valence-electron chi connectivity index (χ0n) is 18.4. The van der Waals surface area contributed by atoms with Crippen LogP contribution in [-0.2, 0) is 11.3 Å². The fraction of sp³-hybridized carbons (Fsp3) is 0.385. The highest BCUT2D eigenvalue weighted by Gasteiger charge is 2.38. The third-order valence-corrected chi connectivity index (χ3v) is 6.58. The molecule has 166 valence electrons. The molecule has 2 aromatic carbocycles. The summed E-state index contributed by atoms with van der Waals surface area (Å²) in [6.45, 7) is 6.67. The summed E-state index contributed by atoms with van der Waals surface area (Å²) in [5, 5.41) is 0. The lowest BCUT2D eigenvalue weighted by Gasteiger charge is -2.42. The lowest BCUT2D eigenvalue weighted by atomic mass is 9.90. The van der Waals surface area contributed by atoms with Gasteiger partial charge in [-0.15, -0.1) is 0 Å². The number of aromatic nitrogens is 1. The Kier molecular flexibility index (Phi) is 6.06. The quantitative estimate of drug-likeness (QED) is 0.625. The van der Waals surface area contributed by atoms with Crippen LogP contribution in [0.25, 0.3) is 11.3 Å². The number of oxazole rings is 1. The summed E-state index contributed by atoms with van der Waals surface area (Å²) in [6, 6.07) is 19.0. The number of aryl methyl sites for hydroxylation is 1. The van der Waals surface area contributed by atoms with E-state index in [1.807, 2.05) is 36.1 Å². The van der Waals surface area contributed by atoms with Crippen molar-refractivity contribution in [2.75, 3.05) is 32.8 Å². The average Bonchev–Trinajstić information content (AvgIpc) is 3.23. The predicted molar refractivity (Wildman–Crippen MR) is 122 cm³/mol. The first kappa shape index (κ1) is 20.9. The van der Waals surface area contributed by atoms with Crippen LogP contribution in [0, 0.1) is 12.8 Å². The maximum atomic E-state index is 13.4. The number of carbonyl (C=O) groups is 1. The molecule has 1 aromatic heterocycles. The van der Waals surface area contributed by atoms with E-state index in [0.29, 0.717) is 37.2 Å². The van der Waals surface area contributed by atoms with Crippen molar-refractivity contribution >= 4 is 5.91 Å². The molecule has 3 heterocycles. The van der Waals surface area contributed by atoms with Gasteiger partial charge in [0, 0.05) is 43.7 Å². The molecule has 6 nitrogen and oxygen atoms in total. The van der Waals surface area contributed by atoms with Gasteiger partial charge in [0.2, 0.25) is 0 Å². The molecule has 0 aliphatic carbocycles. The largest absolute Gasteiger partial charge is 0.443 e. The van der Waals surface area contributed by atoms with Crippen LogP contribution in [-0.4, -0.2) is 59.6 Å². The first-order valence-electron chi connectivity index (χ1n) is 11.3. The molecule has 0 saturated carbocycles. The predicted octanol–water partition coefficient (Wildman–Crippen LogP) is 4.01. The Morgan fingerprint density at radius 2 is 2.00 bits per heavy atom. The minimum atomic E-state index is -0.0624. The Balaban J connectivity index is 1.32. The summed E-state index contributed by atoms with van der Waals surface area (Å²) in [7, 11) is 0. The molecular weight excluding hydrogens is 402 g/mol. The molecule has 3 aromatic rings. The van der Waals surface area contributed by atoms with E-state index < -0.39 is 0 Å². The molecule has 2 fully saturated rings. The Morgan fingerprint density at radius 3 is 2.84 bits per heavy atom. The minimum Gasteiger partial charge on any atom is -0.443 e. The van der Waals surface area contributed by atoms with Crippen molar-refractivity contribution in [2.24, 2.45) is 5.92 Å². The zero-order valence-corrected chi connectivity index (χ0v) is 18.4. The highest BCUT2D eigenvalue weighted by molar-refractivity contribution is 5.97. The number of hydrogen-bond donors (Lipinski definition) is 0. The van der Waals surface area contributed by atoms with Crippen molar-refractivity contribution in [1.29, 1.82) is 0 Å². The third-order valence-electron chi connectivity index (χ3n) is 6.58. The van der Waals surface area contributed by atoms with E-state index >= 15 is 0 Å². The highest BCUT2D eigenvalue weighted by Crippen LogP contribution is 2.30. The van der Waals surface area contributed by atoms with Crippen LogP contribution in [0.2, 0.25) is 0 Å². The third kappa shape index (κ3) is 4.33. The minimum absolute atomic E-state index is 0.0624. The van der Waals surface area contributed by atoms with E-state index in [2.05, 4.69) is 40.2 Å². The summed E-state index contributed by atoms with van der Waals surface area (Å²) in [5.74, 6) is 0.768. The molecular formula is C26H29N3O3. The van der Waals surface area contributed by atoms with Crippen molar-refractivity contribution in [3.8, 4) is 11.3 Å². The molecule has 0 bridgehead atoms.